The summed E-state index contributed by atoms with van der Waals surface area (Å²) < 4.78 is 28.2. The van der Waals surface area contributed by atoms with Crippen molar-refractivity contribution in [2.75, 3.05) is 27.4 Å². The van der Waals surface area contributed by atoms with E-state index in [1.807, 2.05) is 12.1 Å². The molecule has 0 bridgehead atoms. The standard InChI is InChI=1S/C20H22FNO5/c1-25-17-8-5-15(11-18(17)26-2)9-10-22-19(23)13-27-20(24)12-14-3-6-16(21)7-4-14/h3-8,11H,9-10,12-13H2,1-2H3,(H,22,23). The molecule has 0 fully saturated rings. The lowest BCUT2D eigenvalue weighted by molar-refractivity contribution is -0.147. The first-order chi connectivity index (χ1) is 13.0. The Kier molecular flexibility index (Phi) is 7.61. The molecule has 0 atom stereocenters. The van der Waals surface area contributed by atoms with E-state index in [-0.39, 0.29) is 24.8 Å². The third-order valence-corrected chi connectivity index (χ3v) is 3.81. The zero-order valence-electron chi connectivity index (χ0n) is 15.3. The van der Waals surface area contributed by atoms with E-state index < -0.39 is 5.97 Å². The van der Waals surface area contributed by atoms with E-state index in [9.17, 15) is 14.0 Å². The SMILES string of the molecule is COc1ccc(CCNC(=O)COC(=O)Cc2ccc(F)cc2)cc1OC. The van der Waals surface area contributed by atoms with Crippen LogP contribution < -0.4 is 14.8 Å². The second-order valence-electron chi connectivity index (χ2n) is 5.75. The minimum Gasteiger partial charge on any atom is -0.493 e. The largest absolute Gasteiger partial charge is 0.493 e. The Labute approximate surface area is 157 Å². The van der Waals surface area contributed by atoms with Crippen LogP contribution in [0.4, 0.5) is 4.39 Å². The van der Waals surface area contributed by atoms with Crippen LogP contribution in [-0.2, 0) is 27.2 Å². The maximum Gasteiger partial charge on any atom is 0.310 e. The fourth-order valence-corrected chi connectivity index (χ4v) is 2.40. The fourth-order valence-electron chi connectivity index (χ4n) is 2.40. The number of methoxy groups -OCH3 is 2. The van der Waals surface area contributed by atoms with E-state index >= 15 is 0 Å². The molecular formula is C20H22FNO5. The average Bonchev–Trinajstić information content (AvgIpc) is 2.68. The van der Waals surface area contributed by atoms with Crippen molar-refractivity contribution in [3.63, 3.8) is 0 Å². The molecule has 0 saturated carbocycles. The molecule has 0 spiro atoms. The molecule has 7 heteroatoms. The fraction of sp³-hybridized carbons (Fsp3) is 0.300. The van der Waals surface area contributed by atoms with Gasteiger partial charge in [0.2, 0.25) is 0 Å². The molecule has 1 amide bonds. The van der Waals surface area contributed by atoms with Crippen molar-refractivity contribution < 1.29 is 28.2 Å². The third-order valence-electron chi connectivity index (χ3n) is 3.81. The zero-order valence-corrected chi connectivity index (χ0v) is 15.3. The molecule has 0 saturated heterocycles. The van der Waals surface area contributed by atoms with Crippen molar-refractivity contribution in [2.24, 2.45) is 0 Å². The Balaban J connectivity index is 1.70. The molecule has 0 aliphatic heterocycles. The maximum absolute atomic E-state index is 12.8. The Hall–Kier alpha value is -3.09. The molecule has 2 rings (SSSR count). The quantitative estimate of drug-likeness (QED) is 0.681. The van der Waals surface area contributed by atoms with Crippen LogP contribution in [0.15, 0.2) is 42.5 Å². The molecule has 0 aromatic heterocycles. The number of benzene rings is 2. The first-order valence-corrected chi connectivity index (χ1v) is 8.39. The van der Waals surface area contributed by atoms with Crippen molar-refractivity contribution in [3.8, 4) is 11.5 Å². The summed E-state index contributed by atoms with van der Waals surface area (Å²) in [5.41, 5.74) is 1.59. The summed E-state index contributed by atoms with van der Waals surface area (Å²) in [6.07, 6.45) is 0.578. The second-order valence-corrected chi connectivity index (χ2v) is 5.75. The lowest BCUT2D eigenvalue weighted by atomic mass is 10.1. The molecule has 0 heterocycles. The van der Waals surface area contributed by atoms with Crippen molar-refractivity contribution in [2.45, 2.75) is 12.8 Å². The van der Waals surface area contributed by atoms with Gasteiger partial charge in [-0.3, -0.25) is 9.59 Å². The van der Waals surface area contributed by atoms with Gasteiger partial charge in [-0.1, -0.05) is 18.2 Å². The number of ether oxygens (including phenoxy) is 3. The number of esters is 1. The minimum atomic E-state index is -0.545. The third kappa shape index (κ3) is 6.62. The number of hydrogen-bond acceptors (Lipinski definition) is 5. The molecule has 144 valence electrons. The first-order valence-electron chi connectivity index (χ1n) is 8.39. The lowest BCUT2D eigenvalue weighted by Gasteiger charge is -2.10. The number of amides is 1. The monoisotopic (exact) mass is 375 g/mol. The van der Waals surface area contributed by atoms with Crippen molar-refractivity contribution in [3.05, 3.63) is 59.4 Å². The number of carbonyl (C=O) groups is 2. The summed E-state index contributed by atoms with van der Waals surface area (Å²) in [5, 5.41) is 2.69. The highest BCUT2D eigenvalue weighted by molar-refractivity contribution is 5.81. The van der Waals surface area contributed by atoms with Crippen LogP contribution >= 0.6 is 0 Å². The first kappa shape index (κ1) is 20.2. The van der Waals surface area contributed by atoms with Gasteiger partial charge < -0.3 is 19.5 Å². The van der Waals surface area contributed by atoms with Gasteiger partial charge in [0.25, 0.3) is 5.91 Å². The molecule has 2 aromatic carbocycles. The van der Waals surface area contributed by atoms with Gasteiger partial charge in [0.05, 0.1) is 20.6 Å². The summed E-state index contributed by atoms with van der Waals surface area (Å²) in [6, 6.07) is 11.1. The zero-order chi connectivity index (χ0) is 19.6. The van der Waals surface area contributed by atoms with Crippen LogP contribution in [0.25, 0.3) is 0 Å². The number of halogens is 1. The van der Waals surface area contributed by atoms with Gasteiger partial charge in [-0.25, -0.2) is 4.39 Å². The van der Waals surface area contributed by atoms with Gasteiger partial charge in [0.15, 0.2) is 18.1 Å². The summed E-state index contributed by atoms with van der Waals surface area (Å²) in [4.78, 5) is 23.5. The highest BCUT2D eigenvalue weighted by Gasteiger charge is 2.09. The van der Waals surface area contributed by atoms with E-state index in [0.717, 1.165) is 5.56 Å². The van der Waals surface area contributed by atoms with E-state index in [1.54, 1.807) is 20.3 Å². The van der Waals surface area contributed by atoms with Gasteiger partial charge in [-0.2, -0.15) is 0 Å². The highest BCUT2D eigenvalue weighted by atomic mass is 19.1. The number of hydrogen-bond donors (Lipinski definition) is 1. The van der Waals surface area contributed by atoms with E-state index in [2.05, 4.69) is 5.32 Å². The van der Waals surface area contributed by atoms with Gasteiger partial charge >= 0.3 is 5.97 Å². The minimum absolute atomic E-state index is 0.0147. The Morgan fingerprint density at radius 2 is 1.63 bits per heavy atom. The molecule has 0 aliphatic rings. The topological polar surface area (TPSA) is 73.9 Å². The molecule has 27 heavy (non-hydrogen) atoms. The number of rotatable bonds is 9. The van der Waals surface area contributed by atoms with Gasteiger partial charge in [-0.15, -0.1) is 0 Å². The van der Waals surface area contributed by atoms with Crippen LogP contribution in [0.3, 0.4) is 0 Å². The van der Waals surface area contributed by atoms with Crippen molar-refractivity contribution in [1.82, 2.24) is 5.32 Å². The molecule has 2 aromatic rings. The average molecular weight is 375 g/mol. The maximum atomic E-state index is 12.8. The van der Waals surface area contributed by atoms with Gasteiger partial charge in [0, 0.05) is 6.54 Å². The van der Waals surface area contributed by atoms with E-state index in [1.165, 1.54) is 24.3 Å². The molecular weight excluding hydrogens is 353 g/mol. The molecule has 0 radical (unpaired) electrons. The van der Waals surface area contributed by atoms with Crippen LogP contribution in [0.1, 0.15) is 11.1 Å². The van der Waals surface area contributed by atoms with Crippen LogP contribution in [0, 0.1) is 5.82 Å². The molecule has 0 unspecified atom stereocenters. The summed E-state index contributed by atoms with van der Waals surface area (Å²) >= 11 is 0. The lowest BCUT2D eigenvalue weighted by Crippen LogP contribution is -2.30. The second kappa shape index (κ2) is 10.2. The molecule has 6 nitrogen and oxygen atoms in total. The van der Waals surface area contributed by atoms with Crippen LogP contribution in [0.5, 0.6) is 11.5 Å². The Morgan fingerprint density at radius 1 is 0.963 bits per heavy atom. The predicted molar refractivity (Wildman–Crippen MR) is 97.3 cm³/mol. The summed E-state index contributed by atoms with van der Waals surface area (Å²) in [5.74, 6) is -0.0463. The van der Waals surface area contributed by atoms with E-state index in [0.29, 0.717) is 30.0 Å². The smallest absolute Gasteiger partial charge is 0.310 e. The summed E-state index contributed by atoms with van der Waals surface area (Å²) in [6.45, 7) is 0.0375. The normalized spacial score (nSPS) is 10.2. The number of carbonyl (C=O) groups excluding carboxylic acids is 2. The van der Waals surface area contributed by atoms with Crippen LogP contribution in [0.2, 0.25) is 0 Å². The van der Waals surface area contributed by atoms with Gasteiger partial charge in [-0.05, 0) is 41.8 Å². The van der Waals surface area contributed by atoms with E-state index in [4.69, 9.17) is 14.2 Å². The number of nitrogens with one attached hydrogen (secondary N) is 1. The van der Waals surface area contributed by atoms with Crippen LogP contribution in [-0.4, -0.2) is 39.2 Å². The summed E-state index contributed by atoms with van der Waals surface area (Å²) in [7, 11) is 3.12. The Morgan fingerprint density at radius 3 is 2.30 bits per heavy atom. The van der Waals surface area contributed by atoms with Gasteiger partial charge in [0.1, 0.15) is 5.82 Å². The predicted octanol–water partition coefficient (Wildman–Crippen LogP) is 2.29. The van der Waals surface area contributed by atoms with Crippen molar-refractivity contribution in [1.29, 1.82) is 0 Å². The molecule has 0 aliphatic carbocycles. The Bertz CT molecular complexity index is 776. The van der Waals surface area contributed by atoms with Crippen molar-refractivity contribution >= 4 is 11.9 Å². The highest BCUT2D eigenvalue weighted by Crippen LogP contribution is 2.27. The molecule has 1 N–H and O–H groups in total.